The first-order valence-corrected chi connectivity index (χ1v) is 10.7. The van der Waals surface area contributed by atoms with E-state index in [-0.39, 0.29) is 52.9 Å². The van der Waals surface area contributed by atoms with Crippen molar-refractivity contribution < 1.29 is 31.9 Å². The van der Waals surface area contributed by atoms with Gasteiger partial charge in [0.1, 0.15) is 12.4 Å². The lowest BCUT2D eigenvalue weighted by atomic mass is 9.83. The van der Waals surface area contributed by atoms with Gasteiger partial charge in [0.05, 0.1) is 21.9 Å². The molecule has 1 N–H and O–H groups in total. The molecule has 0 fully saturated rings. The van der Waals surface area contributed by atoms with Gasteiger partial charge in [0.2, 0.25) is 0 Å². The lowest BCUT2D eigenvalue weighted by Gasteiger charge is -2.23. The van der Waals surface area contributed by atoms with Crippen molar-refractivity contribution in [3.63, 3.8) is 0 Å². The number of nitrogens with zero attached hydrogens (tertiary/aromatic N) is 1. The Labute approximate surface area is 162 Å². The van der Waals surface area contributed by atoms with Crippen LogP contribution in [0, 0.1) is 17.6 Å². The van der Waals surface area contributed by atoms with Crippen LogP contribution in [0.2, 0.25) is 0 Å². The molecule has 1 aromatic rings. The third kappa shape index (κ3) is 5.15. The Hall–Kier alpha value is -2.29. The van der Waals surface area contributed by atoms with Crippen LogP contribution in [0.1, 0.15) is 39.5 Å². The molecule has 0 heterocycles. The quantitative estimate of drug-likeness (QED) is 0.397. The van der Waals surface area contributed by atoms with E-state index in [1.165, 1.54) is 0 Å². The number of aliphatic hydroxyl groups excluding tert-OH is 1. The van der Waals surface area contributed by atoms with Gasteiger partial charge in [-0.15, -0.1) is 0 Å². The minimum absolute atomic E-state index is 0.0673. The molecule has 0 aliphatic heterocycles. The number of carbonyl (C=O) groups is 1. The summed E-state index contributed by atoms with van der Waals surface area (Å²) in [5, 5.41) is 14.2. The van der Waals surface area contributed by atoms with Crippen molar-refractivity contribution in [2.75, 3.05) is 12.4 Å². The van der Waals surface area contributed by atoms with Crippen LogP contribution in [0.5, 0.6) is 0 Å². The van der Waals surface area contributed by atoms with E-state index in [0.717, 1.165) is 12.1 Å². The summed E-state index contributed by atoms with van der Waals surface area (Å²) < 4.78 is 51.0. The van der Waals surface area contributed by atoms with Gasteiger partial charge in [0, 0.05) is 12.8 Å². The molecule has 1 aliphatic rings. The van der Waals surface area contributed by atoms with Crippen LogP contribution < -0.4 is 0 Å². The number of aliphatic hydroxyl groups is 1. The summed E-state index contributed by atoms with van der Waals surface area (Å²) in [4.78, 5) is 17.1. The molecule has 0 spiro atoms. The summed E-state index contributed by atoms with van der Waals surface area (Å²) in [6.07, 6.45) is 0.714. The van der Waals surface area contributed by atoms with Gasteiger partial charge >= 0.3 is 0 Å². The minimum atomic E-state index is -3.84. The Morgan fingerprint density at radius 2 is 1.96 bits per heavy atom. The summed E-state index contributed by atoms with van der Waals surface area (Å²) in [6.45, 7) is 3.86. The second-order valence-corrected chi connectivity index (χ2v) is 8.62. The molecule has 1 aromatic carbocycles. The average molecular weight is 415 g/mol. The van der Waals surface area contributed by atoms with Gasteiger partial charge in [0.15, 0.2) is 27.3 Å². The van der Waals surface area contributed by atoms with E-state index >= 15 is 0 Å². The summed E-state index contributed by atoms with van der Waals surface area (Å²) >= 11 is 0. The normalized spacial score (nSPS) is 18.5. The van der Waals surface area contributed by atoms with Crippen LogP contribution in [0.15, 0.2) is 39.6 Å². The fourth-order valence-corrected chi connectivity index (χ4v) is 4.48. The van der Waals surface area contributed by atoms with E-state index in [1.807, 2.05) is 0 Å². The van der Waals surface area contributed by atoms with E-state index in [2.05, 4.69) is 5.16 Å². The molecule has 0 radical (unpaired) electrons. The largest absolute Gasteiger partial charge is 0.511 e. The number of Topliss-reactive ketones (excluding diaryl/α,β-unsaturated/α-hetero) is 1. The molecule has 0 amide bonds. The van der Waals surface area contributed by atoms with E-state index in [9.17, 15) is 27.1 Å². The second-order valence-electron chi connectivity index (χ2n) is 6.51. The van der Waals surface area contributed by atoms with Gasteiger partial charge < -0.3 is 9.94 Å². The predicted molar refractivity (Wildman–Crippen MR) is 99.8 cm³/mol. The lowest BCUT2D eigenvalue weighted by Crippen LogP contribution is -2.26. The number of rotatable bonds is 8. The van der Waals surface area contributed by atoms with Gasteiger partial charge in [-0.05, 0) is 43.9 Å². The van der Waals surface area contributed by atoms with Gasteiger partial charge in [-0.25, -0.2) is 17.2 Å². The third-order valence-electron chi connectivity index (χ3n) is 4.50. The fourth-order valence-electron chi connectivity index (χ4n) is 3.04. The van der Waals surface area contributed by atoms with E-state index in [1.54, 1.807) is 13.8 Å². The monoisotopic (exact) mass is 415 g/mol. The molecule has 154 valence electrons. The number of benzene rings is 1. The smallest absolute Gasteiger partial charge is 0.178 e. The highest BCUT2D eigenvalue weighted by atomic mass is 32.2. The Balaban J connectivity index is 2.11. The zero-order chi connectivity index (χ0) is 20.9. The van der Waals surface area contributed by atoms with Crippen molar-refractivity contribution >= 4 is 21.3 Å². The van der Waals surface area contributed by atoms with Crippen molar-refractivity contribution in [1.82, 2.24) is 0 Å². The number of carbonyl (C=O) groups excluding carboxylic acids is 1. The molecular weight excluding hydrogens is 392 g/mol. The number of ketones is 1. The first-order chi connectivity index (χ1) is 13.2. The first-order valence-electron chi connectivity index (χ1n) is 9.01. The standard InChI is InChI=1S/C19H23F2NO5S/c1-3-16(22-27-4-2)19-17(23)9-12(10-18(19)24)7-8-28(25,26)13-5-6-14(20)15(21)11-13/h5-6,11-12,23H,3-4,7-10H2,1-2H3/b22-16-. The van der Waals surface area contributed by atoms with E-state index in [4.69, 9.17) is 4.84 Å². The molecule has 28 heavy (non-hydrogen) atoms. The van der Waals surface area contributed by atoms with Crippen LogP contribution in [0.3, 0.4) is 0 Å². The van der Waals surface area contributed by atoms with Crippen molar-refractivity contribution in [2.24, 2.45) is 11.1 Å². The topological polar surface area (TPSA) is 93.0 Å². The second kappa shape index (κ2) is 9.27. The van der Waals surface area contributed by atoms with Crippen LogP contribution in [-0.2, 0) is 19.5 Å². The van der Waals surface area contributed by atoms with Crippen molar-refractivity contribution in [3.8, 4) is 0 Å². The maximum atomic E-state index is 13.3. The average Bonchev–Trinajstić information content (AvgIpc) is 2.64. The van der Waals surface area contributed by atoms with Crippen molar-refractivity contribution in [3.05, 3.63) is 41.2 Å². The Morgan fingerprint density at radius 3 is 2.54 bits per heavy atom. The van der Waals surface area contributed by atoms with E-state index < -0.39 is 21.5 Å². The molecule has 1 atom stereocenters. The third-order valence-corrected chi connectivity index (χ3v) is 6.24. The number of halogens is 2. The first kappa shape index (κ1) is 22.0. The minimum Gasteiger partial charge on any atom is -0.511 e. The number of oxime groups is 1. The number of allylic oxidation sites excluding steroid dienone is 2. The maximum absolute atomic E-state index is 13.3. The van der Waals surface area contributed by atoms with Gasteiger partial charge in [-0.2, -0.15) is 0 Å². The van der Waals surface area contributed by atoms with Gasteiger partial charge in [-0.1, -0.05) is 12.1 Å². The molecule has 2 rings (SSSR count). The molecule has 0 saturated heterocycles. The molecule has 6 nitrogen and oxygen atoms in total. The molecular formula is C19H23F2NO5S. The molecule has 0 saturated carbocycles. The molecule has 0 aromatic heterocycles. The van der Waals surface area contributed by atoms with Crippen LogP contribution in [0.25, 0.3) is 0 Å². The van der Waals surface area contributed by atoms with E-state index in [0.29, 0.717) is 24.8 Å². The summed E-state index contributed by atoms with van der Waals surface area (Å²) in [5.41, 5.74) is 0.493. The fraction of sp³-hybridized carbons (Fsp3) is 0.474. The van der Waals surface area contributed by atoms with Crippen molar-refractivity contribution in [1.29, 1.82) is 0 Å². The SMILES string of the molecule is CCO/N=C(/CC)C1=C(O)CC(CCS(=O)(=O)c2ccc(F)c(F)c2)CC1=O. The molecule has 1 unspecified atom stereocenters. The number of hydrogen-bond acceptors (Lipinski definition) is 6. The Morgan fingerprint density at radius 1 is 1.25 bits per heavy atom. The molecule has 9 heteroatoms. The van der Waals surface area contributed by atoms with Crippen molar-refractivity contribution in [2.45, 2.75) is 44.4 Å². The highest BCUT2D eigenvalue weighted by Gasteiger charge is 2.31. The highest BCUT2D eigenvalue weighted by molar-refractivity contribution is 7.91. The highest BCUT2D eigenvalue weighted by Crippen LogP contribution is 2.30. The Bertz CT molecular complexity index is 909. The Kier molecular flexibility index (Phi) is 7.29. The number of hydrogen-bond donors (Lipinski definition) is 1. The van der Waals surface area contributed by atoms with Crippen LogP contribution >= 0.6 is 0 Å². The van der Waals surface area contributed by atoms with Crippen LogP contribution in [-0.4, -0.2) is 37.4 Å². The molecule has 1 aliphatic carbocycles. The van der Waals surface area contributed by atoms with Gasteiger partial charge in [0.25, 0.3) is 0 Å². The maximum Gasteiger partial charge on any atom is 0.178 e. The zero-order valence-electron chi connectivity index (χ0n) is 15.7. The lowest BCUT2D eigenvalue weighted by molar-refractivity contribution is -0.116. The zero-order valence-corrected chi connectivity index (χ0v) is 16.6. The van der Waals surface area contributed by atoms with Gasteiger partial charge in [-0.3, -0.25) is 4.79 Å². The summed E-state index contributed by atoms with van der Waals surface area (Å²) in [6, 6.07) is 2.41. The number of sulfone groups is 1. The predicted octanol–water partition coefficient (Wildman–Crippen LogP) is 3.72. The van der Waals surface area contributed by atoms with Crippen LogP contribution in [0.4, 0.5) is 8.78 Å². The summed E-state index contributed by atoms with van der Waals surface area (Å²) in [5.74, 6) is -3.53. The molecule has 0 bridgehead atoms. The summed E-state index contributed by atoms with van der Waals surface area (Å²) in [7, 11) is -3.84.